The Balaban J connectivity index is 3.10. The third kappa shape index (κ3) is 3.84. The number of aromatic nitrogens is 1. The van der Waals surface area contributed by atoms with E-state index in [1.165, 1.54) is 0 Å². The molecular formula is C14H22N2O. The van der Waals surface area contributed by atoms with Gasteiger partial charge in [-0.3, -0.25) is 14.4 Å². The smallest absolute Gasteiger partial charge is 0.235 e. The Bertz CT molecular complexity index is 432. The highest BCUT2D eigenvalue weighted by Crippen LogP contribution is 2.07. The maximum Gasteiger partial charge on any atom is 0.235 e. The number of carbonyl (C=O) groups excluding carboxylic acids is 1. The number of hydrogen-bond acceptors (Lipinski definition) is 2. The molecule has 0 saturated heterocycles. The minimum Gasteiger partial charge on any atom is -0.274 e. The molecule has 0 spiro atoms. The maximum atomic E-state index is 12.2. The summed E-state index contributed by atoms with van der Waals surface area (Å²) in [7, 11) is 0. The molecule has 0 fully saturated rings. The fourth-order valence-corrected chi connectivity index (χ4v) is 1.78. The van der Waals surface area contributed by atoms with Crippen LogP contribution in [0.2, 0.25) is 0 Å². The van der Waals surface area contributed by atoms with Gasteiger partial charge >= 0.3 is 0 Å². The van der Waals surface area contributed by atoms with Crippen molar-refractivity contribution in [1.82, 2.24) is 4.57 Å². The van der Waals surface area contributed by atoms with Gasteiger partial charge in [0, 0.05) is 18.2 Å². The molecule has 1 aromatic heterocycles. The number of carbonyl (C=O) groups is 1. The lowest BCUT2D eigenvalue weighted by Crippen LogP contribution is -2.31. The zero-order chi connectivity index (χ0) is 12.8. The second-order valence-corrected chi connectivity index (χ2v) is 4.68. The summed E-state index contributed by atoms with van der Waals surface area (Å²) in [6, 6.07) is 5.86. The van der Waals surface area contributed by atoms with Gasteiger partial charge in [-0.15, -0.1) is 0 Å². The van der Waals surface area contributed by atoms with Crippen LogP contribution in [0.25, 0.3) is 0 Å². The SMILES string of the molecule is CCCC(C)C(=O)n1ccccc1=NC(C)C. The van der Waals surface area contributed by atoms with Crippen LogP contribution in [0.3, 0.4) is 0 Å². The average Bonchev–Trinajstić information content (AvgIpc) is 2.28. The molecule has 94 valence electrons. The molecule has 1 unspecified atom stereocenters. The molecule has 3 heteroatoms. The number of nitrogens with zero attached hydrogens (tertiary/aromatic N) is 2. The lowest BCUT2D eigenvalue weighted by Gasteiger charge is -2.12. The summed E-state index contributed by atoms with van der Waals surface area (Å²) in [5.41, 5.74) is 0.746. The summed E-state index contributed by atoms with van der Waals surface area (Å²) in [6.07, 6.45) is 3.74. The minimum atomic E-state index is 0.0495. The van der Waals surface area contributed by atoms with E-state index in [0.29, 0.717) is 0 Å². The lowest BCUT2D eigenvalue weighted by molar-refractivity contribution is 0.0832. The largest absolute Gasteiger partial charge is 0.274 e. The van der Waals surface area contributed by atoms with E-state index in [2.05, 4.69) is 11.9 Å². The van der Waals surface area contributed by atoms with Crippen molar-refractivity contribution in [2.45, 2.75) is 46.6 Å². The summed E-state index contributed by atoms with van der Waals surface area (Å²) < 4.78 is 1.67. The minimum absolute atomic E-state index is 0.0495. The maximum absolute atomic E-state index is 12.2. The molecule has 1 rings (SSSR count). The Labute approximate surface area is 103 Å². The summed E-state index contributed by atoms with van der Waals surface area (Å²) in [6.45, 7) is 8.10. The van der Waals surface area contributed by atoms with Crippen LogP contribution >= 0.6 is 0 Å². The first kappa shape index (κ1) is 13.7. The standard InChI is InChI=1S/C14H22N2O/c1-5-8-12(4)14(17)16-10-7-6-9-13(16)15-11(2)3/h6-7,9-12H,5,8H2,1-4H3. The summed E-state index contributed by atoms with van der Waals surface area (Å²) in [5.74, 6) is 0.181. The quantitative estimate of drug-likeness (QED) is 0.788. The summed E-state index contributed by atoms with van der Waals surface area (Å²) >= 11 is 0. The van der Waals surface area contributed by atoms with Crippen LogP contribution in [0, 0.1) is 5.92 Å². The van der Waals surface area contributed by atoms with Gasteiger partial charge in [-0.2, -0.15) is 0 Å². The van der Waals surface area contributed by atoms with Crippen molar-refractivity contribution in [2.75, 3.05) is 0 Å². The van der Waals surface area contributed by atoms with Crippen LogP contribution in [0.4, 0.5) is 0 Å². The molecule has 17 heavy (non-hydrogen) atoms. The highest BCUT2D eigenvalue weighted by molar-refractivity contribution is 5.80. The lowest BCUT2D eigenvalue weighted by atomic mass is 10.1. The van der Waals surface area contributed by atoms with E-state index in [9.17, 15) is 4.79 Å². The van der Waals surface area contributed by atoms with Gasteiger partial charge in [-0.25, -0.2) is 0 Å². The fourth-order valence-electron chi connectivity index (χ4n) is 1.78. The molecule has 3 nitrogen and oxygen atoms in total. The van der Waals surface area contributed by atoms with Crippen molar-refractivity contribution in [3.63, 3.8) is 0 Å². The van der Waals surface area contributed by atoms with Crippen LogP contribution in [-0.2, 0) is 0 Å². The predicted molar refractivity (Wildman–Crippen MR) is 69.8 cm³/mol. The molecule has 0 bridgehead atoms. The summed E-state index contributed by atoms with van der Waals surface area (Å²) in [5, 5.41) is 0. The van der Waals surface area contributed by atoms with Crippen LogP contribution in [0.15, 0.2) is 29.4 Å². The Morgan fingerprint density at radius 2 is 2.06 bits per heavy atom. The first-order valence-corrected chi connectivity index (χ1v) is 6.32. The highest BCUT2D eigenvalue weighted by Gasteiger charge is 2.13. The molecule has 0 saturated carbocycles. The van der Waals surface area contributed by atoms with Gasteiger partial charge in [0.1, 0.15) is 5.49 Å². The zero-order valence-corrected chi connectivity index (χ0v) is 11.2. The van der Waals surface area contributed by atoms with E-state index in [-0.39, 0.29) is 17.9 Å². The van der Waals surface area contributed by atoms with E-state index in [1.54, 1.807) is 10.8 Å². The third-order valence-corrected chi connectivity index (χ3v) is 2.61. The van der Waals surface area contributed by atoms with E-state index in [1.807, 2.05) is 39.0 Å². The first-order chi connectivity index (χ1) is 8.06. The third-order valence-electron chi connectivity index (χ3n) is 2.61. The Morgan fingerprint density at radius 1 is 1.35 bits per heavy atom. The number of pyridine rings is 1. The molecule has 0 radical (unpaired) electrons. The highest BCUT2D eigenvalue weighted by atomic mass is 16.2. The molecule has 0 aliphatic rings. The van der Waals surface area contributed by atoms with E-state index in [0.717, 1.165) is 18.3 Å². The van der Waals surface area contributed by atoms with Crippen molar-refractivity contribution >= 4 is 5.91 Å². The van der Waals surface area contributed by atoms with Gasteiger partial charge < -0.3 is 0 Å². The van der Waals surface area contributed by atoms with Gasteiger partial charge in [0.25, 0.3) is 0 Å². The fraction of sp³-hybridized carbons (Fsp3) is 0.571. The summed E-state index contributed by atoms with van der Waals surface area (Å²) in [4.78, 5) is 16.7. The molecule has 1 atom stereocenters. The van der Waals surface area contributed by atoms with Crippen LogP contribution < -0.4 is 5.49 Å². The normalized spacial score (nSPS) is 14.1. The molecule has 0 aromatic carbocycles. The van der Waals surface area contributed by atoms with Crippen molar-refractivity contribution in [1.29, 1.82) is 0 Å². The first-order valence-electron chi connectivity index (χ1n) is 6.32. The Hall–Kier alpha value is -1.38. The van der Waals surface area contributed by atoms with E-state index >= 15 is 0 Å². The Morgan fingerprint density at radius 3 is 2.65 bits per heavy atom. The number of rotatable bonds is 4. The van der Waals surface area contributed by atoms with Gasteiger partial charge in [0.2, 0.25) is 5.91 Å². The van der Waals surface area contributed by atoms with Crippen molar-refractivity contribution in [3.8, 4) is 0 Å². The van der Waals surface area contributed by atoms with Crippen molar-refractivity contribution < 1.29 is 4.79 Å². The van der Waals surface area contributed by atoms with E-state index < -0.39 is 0 Å². The monoisotopic (exact) mass is 234 g/mol. The van der Waals surface area contributed by atoms with Crippen LogP contribution in [0.5, 0.6) is 0 Å². The second kappa shape index (κ2) is 6.38. The van der Waals surface area contributed by atoms with E-state index in [4.69, 9.17) is 0 Å². The van der Waals surface area contributed by atoms with Crippen molar-refractivity contribution in [2.24, 2.45) is 10.9 Å². The molecule has 1 heterocycles. The van der Waals surface area contributed by atoms with Gasteiger partial charge in [-0.1, -0.05) is 26.3 Å². The Kier molecular flexibility index (Phi) is 5.13. The molecule has 0 amide bonds. The van der Waals surface area contributed by atoms with Gasteiger partial charge in [0.15, 0.2) is 0 Å². The zero-order valence-electron chi connectivity index (χ0n) is 11.2. The molecule has 0 aliphatic heterocycles. The molecule has 0 N–H and O–H groups in total. The molecule has 0 aliphatic carbocycles. The predicted octanol–water partition coefficient (Wildman–Crippen LogP) is 2.87. The van der Waals surface area contributed by atoms with Gasteiger partial charge in [-0.05, 0) is 32.4 Å². The van der Waals surface area contributed by atoms with Crippen LogP contribution in [0.1, 0.15) is 45.3 Å². The number of hydrogen-bond donors (Lipinski definition) is 0. The molecule has 1 aromatic rings. The van der Waals surface area contributed by atoms with Crippen LogP contribution in [-0.4, -0.2) is 16.5 Å². The molecular weight excluding hydrogens is 212 g/mol. The topological polar surface area (TPSA) is 34.4 Å². The second-order valence-electron chi connectivity index (χ2n) is 4.68. The average molecular weight is 234 g/mol. The van der Waals surface area contributed by atoms with Crippen molar-refractivity contribution in [3.05, 3.63) is 29.9 Å². The van der Waals surface area contributed by atoms with Gasteiger partial charge in [0.05, 0.1) is 0 Å².